The summed E-state index contributed by atoms with van der Waals surface area (Å²) >= 11 is 0. The number of fused-ring (bicyclic) bond motifs is 1. The summed E-state index contributed by atoms with van der Waals surface area (Å²) in [5.74, 6) is 1.01. The van der Waals surface area contributed by atoms with Crippen molar-refractivity contribution in [3.05, 3.63) is 103 Å². The van der Waals surface area contributed by atoms with E-state index >= 15 is 0 Å². The fourth-order valence-corrected chi connectivity index (χ4v) is 5.37. The molecule has 0 amide bonds. The van der Waals surface area contributed by atoms with Gasteiger partial charge in [-0.3, -0.25) is 0 Å². The van der Waals surface area contributed by atoms with E-state index in [-0.39, 0.29) is 0 Å². The number of hydrogen-bond acceptors (Lipinski definition) is 4. The van der Waals surface area contributed by atoms with E-state index in [0.29, 0.717) is 6.04 Å². The zero-order valence-electron chi connectivity index (χ0n) is 21.1. The number of aromatic nitrogens is 3. The van der Waals surface area contributed by atoms with Gasteiger partial charge >= 0.3 is 0 Å². The first kappa shape index (κ1) is 22.4. The Morgan fingerprint density at radius 3 is 2.33 bits per heavy atom. The van der Waals surface area contributed by atoms with E-state index in [1.807, 2.05) is 0 Å². The van der Waals surface area contributed by atoms with Crippen LogP contribution in [0.4, 0.5) is 11.5 Å². The molecular formula is C31H31N5. The molecule has 2 aromatic heterocycles. The predicted molar refractivity (Wildman–Crippen MR) is 149 cm³/mol. The zero-order valence-corrected chi connectivity index (χ0v) is 21.1. The third kappa shape index (κ3) is 4.01. The molecule has 1 fully saturated rings. The second-order valence-corrected chi connectivity index (χ2v) is 9.84. The lowest BCUT2D eigenvalue weighted by Gasteiger charge is -2.42. The minimum absolute atomic E-state index is 0.366. The summed E-state index contributed by atoms with van der Waals surface area (Å²) in [5.41, 5.74) is 8.21. The van der Waals surface area contributed by atoms with E-state index in [4.69, 9.17) is 9.97 Å². The van der Waals surface area contributed by atoms with Gasteiger partial charge in [0.25, 0.3) is 0 Å². The molecule has 3 heterocycles. The molecule has 36 heavy (non-hydrogen) atoms. The quantitative estimate of drug-likeness (QED) is 0.302. The maximum absolute atomic E-state index is 4.87. The van der Waals surface area contributed by atoms with Crippen LogP contribution in [0.1, 0.15) is 18.1 Å². The van der Waals surface area contributed by atoms with Crippen molar-refractivity contribution >= 4 is 22.5 Å². The van der Waals surface area contributed by atoms with Gasteiger partial charge < -0.3 is 14.4 Å². The highest BCUT2D eigenvalue weighted by molar-refractivity contribution is 6.02. The number of nitrogens with zero attached hydrogens (tertiary/aromatic N) is 5. The average Bonchev–Trinajstić information content (AvgIpc) is 3.30. The Labute approximate surface area is 212 Å². The minimum Gasteiger partial charge on any atom is -0.365 e. The molecule has 5 nitrogen and oxygen atoms in total. The number of hydrogen-bond donors (Lipinski definition) is 0. The summed E-state index contributed by atoms with van der Waals surface area (Å²) in [6.45, 7) is 9.34. The average molecular weight is 474 g/mol. The molecule has 0 N–H and O–H groups in total. The molecular weight excluding hydrogens is 442 g/mol. The van der Waals surface area contributed by atoms with Crippen LogP contribution in [0.5, 0.6) is 0 Å². The lowest BCUT2D eigenvalue weighted by molar-refractivity contribution is 0.548. The van der Waals surface area contributed by atoms with Crippen molar-refractivity contribution in [3.8, 4) is 16.8 Å². The highest BCUT2D eigenvalue weighted by atomic mass is 15.3. The summed E-state index contributed by atoms with van der Waals surface area (Å²) < 4.78 is 2.21. The summed E-state index contributed by atoms with van der Waals surface area (Å²) in [5, 5.41) is 1.11. The molecule has 1 saturated heterocycles. The Morgan fingerprint density at radius 1 is 0.778 bits per heavy atom. The Hall–Kier alpha value is -4.12. The molecule has 3 aromatic carbocycles. The molecule has 0 spiro atoms. The first-order valence-corrected chi connectivity index (χ1v) is 12.7. The summed E-state index contributed by atoms with van der Waals surface area (Å²) in [6.07, 6.45) is 3.94. The van der Waals surface area contributed by atoms with Gasteiger partial charge in [-0.25, -0.2) is 9.97 Å². The van der Waals surface area contributed by atoms with Gasteiger partial charge in [-0.1, -0.05) is 60.2 Å². The highest BCUT2D eigenvalue weighted by Gasteiger charge is 2.28. The van der Waals surface area contributed by atoms with Crippen molar-refractivity contribution in [2.45, 2.75) is 26.8 Å². The van der Waals surface area contributed by atoms with Crippen molar-refractivity contribution in [1.82, 2.24) is 14.5 Å². The molecule has 0 bridgehead atoms. The van der Waals surface area contributed by atoms with E-state index < -0.39 is 0 Å². The number of aryl methyl sites for hydroxylation is 2. The van der Waals surface area contributed by atoms with Crippen molar-refractivity contribution in [1.29, 1.82) is 0 Å². The molecule has 6 rings (SSSR count). The Kier molecular flexibility index (Phi) is 5.68. The topological polar surface area (TPSA) is 37.2 Å². The van der Waals surface area contributed by atoms with Gasteiger partial charge in [0.15, 0.2) is 5.65 Å². The van der Waals surface area contributed by atoms with Crippen LogP contribution in [-0.4, -0.2) is 40.2 Å². The number of benzene rings is 3. The fraction of sp³-hybridized carbons (Fsp3) is 0.226. The van der Waals surface area contributed by atoms with Crippen molar-refractivity contribution in [2.75, 3.05) is 29.4 Å². The SMILES string of the molecule is Cc1ccc(N2CCN(c3ncnc4c3c(-c3ccccc3)cn4-c3cccc(C)c3)C[C@H]2C)cc1. The maximum Gasteiger partial charge on any atom is 0.150 e. The third-order valence-corrected chi connectivity index (χ3v) is 7.22. The lowest BCUT2D eigenvalue weighted by atomic mass is 10.1. The first-order valence-electron chi connectivity index (χ1n) is 12.7. The largest absolute Gasteiger partial charge is 0.365 e. The molecule has 0 aliphatic carbocycles. The van der Waals surface area contributed by atoms with Gasteiger partial charge in [-0.2, -0.15) is 0 Å². The molecule has 180 valence electrons. The molecule has 1 aliphatic heterocycles. The summed E-state index contributed by atoms with van der Waals surface area (Å²) in [7, 11) is 0. The monoisotopic (exact) mass is 473 g/mol. The van der Waals surface area contributed by atoms with Gasteiger partial charge in [0.05, 0.1) is 5.39 Å². The predicted octanol–water partition coefficient (Wildman–Crippen LogP) is 6.42. The minimum atomic E-state index is 0.366. The number of piperazine rings is 1. The van der Waals surface area contributed by atoms with Crippen LogP contribution in [0.15, 0.2) is 91.4 Å². The highest BCUT2D eigenvalue weighted by Crippen LogP contribution is 2.37. The zero-order chi connectivity index (χ0) is 24.6. The normalized spacial score (nSPS) is 16.0. The smallest absolute Gasteiger partial charge is 0.150 e. The summed E-state index contributed by atoms with van der Waals surface area (Å²) in [4.78, 5) is 14.6. The first-order chi connectivity index (χ1) is 17.6. The lowest BCUT2D eigenvalue weighted by Crippen LogP contribution is -2.52. The van der Waals surface area contributed by atoms with Crippen LogP contribution in [0.2, 0.25) is 0 Å². The van der Waals surface area contributed by atoms with E-state index in [0.717, 1.165) is 47.7 Å². The van der Waals surface area contributed by atoms with Crippen LogP contribution in [0.25, 0.3) is 27.8 Å². The maximum atomic E-state index is 4.87. The van der Waals surface area contributed by atoms with E-state index in [1.54, 1.807) is 6.33 Å². The molecule has 1 aliphatic rings. The van der Waals surface area contributed by atoms with Gasteiger partial charge in [0, 0.05) is 48.8 Å². The summed E-state index contributed by atoms with van der Waals surface area (Å²) in [6, 6.07) is 28.4. The van der Waals surface area contributed by atoms with E-state index in [9.17, 15) is 0 Å². The Balaban J connectivity index is 1.44. The number of anilines is 2. The molecule has 0 saturated carbocycles. The standard InChI is InChI=1S/C31H31N5/c1-22-12-14-26(15-13-22)35-17-16-34(19-24(35)3)30-29-28(25-9-5-4-6-10-25)20-36(31(29)33-21-32-30)27-11-7-8-23(2)18-27/h4-15,18,20-21,24H,16-17,19H2,1-3H3/t24-/m1/s1. The van der Waals surface area contributed by atoms with Gasteiger partial charge in [-0.15, -0.1) is 0 Å². The van der Waals surface area contributed by atoms with Gasteiger partial charge in [0.2, 0.25) is 0 Å². The molecule has 5 heteroatoms. The van der Waals surface area contributed by atoms with Crippen LogP contribution in [0.3, 0.4) is 0 Å². The molecule has 1 atom stereocenters. The van der Waals surface area contributed by atoms with E-state index in [1.165, 1.54) is 22.4 Å². The van der Waals surface area contributed by atoms with Gasteiger partial charge in [-0.05, 0) is 56.2 Å². The Bertz CT molecular complexity index is 1500. The van der Waals surface area contributed by atoms with Crippen molar-refractivity contribution in [2.24, 2.45) is 0 Å². The van der Waals surface area contributed by atoms with Crippen LogP contribution in [0, 0.1) is 13.8 Å². The second kappa shape index (κ2) is 9.15. The van der Waals surface area contributed by atoms with Crippen LogP contribution < -0.4 is 9.80 Å². The van der Waals surface area contributed by atoms with Gasteiger partial charge in [0.1, 0.15) is 12.1 Å². The number of rotatable bonds is 4. The molecule has 5 aromatic rings. The van der Waals surface area contributed by atoms with E-state index in [2.05, 4.69) is 120 Å². The van der Waals surface area contributed by atoms with Crippen molar-refractivity contribution < 1.29 is 0 Å². The molecule has 0 radical (unpaired) electrons. The molecule has 0 unspecified atom stereocenters. The Morgan fingerprint density at radius 2 is 1.58 bits per heavy atom. The second-order valence-electron chi connectivity index (χ2n) is 9.84. The third-order valence-electron chi connectivity index (χ3n) is 7.22. The van der Waals surface area contributed by atoms with Crippen LogP contribution >= 0.6 is 0 Å². The fourth-order valence-electron chi connectivity index (χ4n) is 5.37. The van der Waals surface area contributed by atoms with Crippen LogP contribution in [-0.2, 0) is 0 Å². The van der Waals surface area contributed by atoms with Crippen molar-refractivity contribution in [3.63, 3.8) is 0 Å².